The van der Waals surface area contributed by atoms with Crippen molar-refractivity contribution in [1.29, 1.82) is 0 Å². The molecule has 4 heteroatoms. The SMILES string of the molecule is CC(C)(C)OC(=O)C12CCC(N)(CC1)C(c1ccc(F)cc1)C2. The second-order valence-electron chi connectivity index (χ2n) is 8.32. The highest BCUT2D eigenvalue weighted by Gasteiger charge is 2.57. The van der Waals surface area contributed by atoms with E-state index in [2.05, 4.69) is 0 Å². The lowest BCUT2D eigenvalue weighted by Gasteiger charge is -2.55. The summed E-state index contributed by atoms with van der Waals surface area (Å²) in [7, 11) is 0. The van der Waals surface area contributed by atoms with Crippen LogP contribution in [0.25, 0.3) is 0 Å². The normalized spacial score (nSPS) is 33.5. The number of esters is 1. The molecule has 2 N–H and O–H groups in total. The van der Waals surface area contributed by atoms with E-state index in [1.807, 2.05) is 20.8 Å². The summed E-state index contributed by atoms with van der Waals surface area (Å²) >= 11 is 0. The van der Waals surface area contributed by atoms with Crippen LogP contribution in [-0.4, -0.2) is 17.1 Å². The van der Waals surface area contributed by atoms with Gasteiger partial charge < -0.3 is 10.5 Å². The van der Waals surface area contributed by atoms with Crippen molar-refractivity contribution in [3.05, 3.63) is 35.6 Å². The van der Waals surface area contributed by atoms with Crippen LogP contribution in [0.15, 0.2) is 24.3 Å². The molecular formula is C19H26FNO2. The zero-order valence-electron chi connectivity index (χ0n) is 14.2. The number of carbonyl (C=O) groups is 1. The average Bonchev–Trinajstić information content (AvgIpc) is 2.47. The highest BCUT2D eigenvalue weighted by atomic mass is 19.1. The molecule has 3 fully saturated rings. The van der Waals surface area contributed by atoms with E-state index in [1.54, 1.807) is 12.1 Å². The van der Waals surface area contributed by atoms with Crippen LogP contribution in [0.3, 0.4) is 0 Å². The molecule has 0 saturated heterocycles. The molecule has 3 nitrogen and oxygen atoms in total. The quantitative estimate of drug-likeness (QED) is 0.841. The standard InChI is InChI=1S/C19H26FNO2/c1-17(2,3)23-16(22)18-8-10-19(21,11-9-18)15(12-18)13-4-6-14(20)7-5-13/h4-7,15H,8-12,21H2,1-3H3. The Bertz CT molecular complexity index is 595. The van der Waals surface area contributed by atoms with Crippen LogP contribution in [0.5, 0.6) is 0 Å². The smallest absolute Gasteiger partial charge is 0.312 e. The monoisotopic (exact) mass is 319 g/mol. The third kappa shape index (κ3) is 3.01. The molecule has 0 heterocycles. The summed E-state index contributed by atoms with van der Waals surface area (Å²) in [6, 6.07) is 6.55. The summed E-state index contributed by atoms with van der Waals surface area (Å²) in [4.78, 5) is 12.8. The first kappa shape index (κ1) is 16.4. The molecule has 0 aliphatic heterocycles. The second kappa shape index (κ2) is 5.30. The van der Waals surface area contributed by atoms with Gasteiger partial charge in [0.1, 0.15) is 11.4 Å². The van der Waals surface area contributed by atoms with Crippen molar-refractivity contribution in [3.63, 3.8) is 0 Å². The molecule has 3 aliphatic carbocycles. The Labute approximate surface area is 137 Å². The summed E-state index contributed by atoms with van der Waals surface area (Å²) in [6.07, 6.45) is 3.90. The molecule has 2 bridgehead atoms. The van der Waals surface area contributed by atoms with Gasteiger partial charge in [0.15, 0.2) is 0 Å². The van der Waals surface area contributed by atoms with Crippen molar-refractivity contribution in [2.75, 3.05) is 0 Å². The van der Waals surface area contributed by atoms with Gasteiger partial charge in [0, 0.05) is 11.5 Å². The van der Waals surface area contributed by atoms with Gasteiger partial charge in [-0.05, 0) is 70.6 Å². The lowest BCUT2D eigenvalue weighted by molar-refractivity contribution is -0.175. The van der Waals surface area contributed by atoms with E-state index >= 15 is 0 Å². The Balaban J connectivity index is 1.88. The third-order valence-corrected chi connectivity index (χ3v) is 5.53. The Morgan fingerprint density at radius 1 is 1.17 bits per heavy atom. The maximum Gasteiger partial charge on any atom is 0.312 e. The van der Waals surface area contributed by atoms with E-state index in [9.17, 15) is 9.18 Å². The Morgan fingerprint density at radius 3 is 2.26 bits per heavy atom. The summed E-state index contributed by atoms with van der Waals surface area (Å²) in [5.41, 5.74) is 6.47. The van der Waals surface area contributed by atoms with Crippen LogP contribution in [0.4, 0.5) is 4.39 Å². The Morgan fingerprint density at radius 2 is 1.74 bits per heavy atom. The van der Waals surface area contributed by atoms with E-state index in [0.29, 0.717) is 6.42 Å². The molecule has 3 aliphatic rings. The van der Waals surface area contributed by atoms with Gasteiger partial charge in [-0.1, -0.05) is 12.1 Å². The van der Waals surface area contributed by atoms with Crippen molar-refractivity contribution in [2.45, 2.75) is 69.9 Å². The number of carbonyl (C=O) groups excluding carboxylic acids is 1. The minimum absolute atomic E-state index is 0.0816. The van der Waals surface area contributed by atoms with E-state index in [1.165, 1.54) is 12.1 Å². The number of benzene rings is 1. The Hall–Kier alpha value is -1.42. The van der Waals surface area contributed by atoms with Gasteiger partial charge in [-0.2, -0.15) is 0 Å². The molecule has 0 spiro atoms. The number of fused-ring (bicyclic) bond motifs is 3. The highest BCUT2D eigenvalue weighted by Crippen LogP contribution is 2.58. The van der Waals surface area contributed by atoms with Crippen molar-refractivity contribution < 1.29 is 13.9 Å². The van der Waals surface area contributed by atoms with Crippen LogP contribution in [0.2, 0.25) is 0 Å². The van der Waals surface area contributed by atoms with Crippen molar-refractivity contribution in [2.24, 2.45) is 11.1 Å². The topological polar surface area (TPSA) is 52.3 Å². The first-order valence-corrected chi connectivity index (χ1v) is 8.41. The summed E-state index contributed by atoms with van der Waals surface area (Å²) in [5.74, 6) is -0.264. The largest absolute Gasteiger partial charge is 0.460 e. The van der Waals surface area contributed by atoms with Crippen LogP contribution < -0.4 is 5.73 Å². The van der Waals surface area contributed by atoms with Crippen molar-refractivity contribution in [1.82, 2.24) is 0 Å². The number of rotatable bonds is 2. The maximum absolute atomic E-state index is 13.2. The molecular weight excluding hydrogens is 293 g/mol. The van der Waals surface area contributed by atoms with Crippen LogP contribution in [-0.2, 0) is 9.53 Å². The molecule has 1 aromatic rings. The van der Waals surface area contributed by atoms with Crippen molar-refractivity contribution >= 4 is 5.97 Å². The number of hydrogen-bond acceptors (Lipinski definition) is 3. The predicted octanol–water partition coefficient (Wildman–Crippen LogP) is 3.91. The lowest BCUT2D eigenvalue weighted by atomic mass is 9.51. The number of nitrogens with two attached hydrogens (primary N) is 1. The van der Waals surface area contributed by atoms with Crippen LogP contribution in [0, 0.1) is 11.2 Å². The number of hydrogen-bond donors (Lipinski definition) is 1. The van der Waals surface area contributed by atoms with Gasteiger partial charge in [-0.15, -0.1) is 0 Å². The van der Waals surface area contributed by atoms with E-state index < -0.39 is 11.0 Å². The van der Waals surface area contributed by atoms with Gasteiger partial charge >= 0.3 is 5.97 Å². The minimum Gasteiger partial charge on any atom is -0.460 e. The first-order valence-electron chi connectivity index (χ1n) is 8.41. The number of halogens is 1. The van der Waals surface area contributed by atoms with Gasteiger partial charge in [-0.25, -0.2) is 4.39 Å². The molecule has 23 heavy (non-hydrogen) atoms. The molecule has 126 valence electrons. The highest BCUT2D eigenvalue weighted by molar-refractivity contribution is 5.78. The molecule has 4 rings (SSSR count). The molecule has 0 radical (unpaired) electrons. The third-order valence-electron chi connectivity index (χ3n) is 5.53. The van der Waals surface area contributed by atoms with Gasteiger partial charge in [0.05, 0.1) is 5.41 Å². The van der Waals surface area contributed by atoms with Gasteiger partial charge in [0.2, 0.25) is 0 Å². The zero-order valence-corrected chi connectivity index (χ0v) is 14.2. The fourth-order valence-electron chi connectivity index (χ4n) is 4.16. The molecule has 1 unspecified atom stereocenters. The van der Waals surface area contributed by atoms with E-state index in [-0.39, 0.29) is 23.2 Å². The fourth-order valence-corrected chi connectivity index (χ4v) is 4.16. The second-order valence-corrected chi connectivity index (χ2v) is 8.32. The number of ether oxygens (including phenoxy) is 1. The zero-order chi connectivity index (χ0) is 16.9. The van der Waals surface area contributed by atoms with Gasteiger partial charge in [0.25, 0.3) is 0 Å². The summed E-state index contributed by atoms with van der Waals surface area (Å²) in [6.45, 7) is 5.70. The molecule has 0 aromatic heterocycles. The predicted molar refractivity (Wildman–Crippen MR) is 87.4 cm³/mol. The molecule has 1 atom stereocenters. The lowest BCUT2D eigenvalue weighted by Crippen LogP contribution is -2.59. The minimum atomic E-state index is -0.480. The summed E-state index contributed by atoms with van der Waals surface area (Å²) < 4.78 is 18.9. The maximum atomic E-state index is 13.2. The summed E-state index contributed by atoms with van der Waals surface area (Å²) in [5, 5.41) is 0. The van der Waals surface area contributed by atoms with E-state index in [4.69, 9.17) is 10.5 Å². The molecule has 1 aromatic carbocycles. The average molecular weight is 319 g/mol. The molecule has 0 amide bonds. The van der Waals surface area contributed by atoms with E-state index in [0.717, 1.165) is 31.2 Å². The first-order chi connectivity index (χ1) is 10.6. The van der Waals surface area contributed by atoms with Crippen molar-refractivity contribution in [3.8, 4) is 0 Å². The Kier molecular flexibility index (Phi) is 3.79. The molecule has 3 saturated carbocycles. The van der Waals surface area contributed by atoms with Crippen LogP contribution in [0.1, 0.15) is 64.4 Å². The fraction of sp³-hybridized carbons (Fsp3) is 0.632. The van der Waals surface area contributed by atoms with Gasteiger partial charge in [-0.3, -0.25) is 4.79 Å². The van der Waals surface area contributed by atoms with Crippen LogP contribution >= 0.6 is 0 Å².